The topological polar surface area (TPSA) is 59.2 Å². The fourth-order valence-electron chi connectivity index (χ4n) is 3.19. The number of aromatic nitrogens is 2. The zero-order valence-electron chi connectivity index (χ0n) is 13.1. The summed E-state index contributed by atoms with van der Waals surface area (Å²) in [6.07, 6.45) is 6.11. The van der Waals surface area contributed by atoms with Crippen molar-refractivity contribution in [3.63, 3.8) is 0 Å². The van der Waals surface area contributed by atoms with Crippen LogP contribution in [0.4, 0.5) is 0 Å². The summed E-state index contributed by atoms with van der Waals surface area (Å²) < 4.78 is 5.34. The van der Waals surface area contributed by atoms with E-state index in [0.29, 0.717) is 23.8 Å². The fraction of sp³-hybridized carbons (Fsp3) is 0.211. The van der Waals surface area contributed by atoms with Crippen LogP contribution in [0, 0.1) is 0 Å². The second kappa shape index (κ2) is 6.28. The van der Waals surface area contributed by atoms with E-state index in [1.54, 1.807) is 6.20 Å². The van der Waals surface area contributed by atoms with Gasteiger partial charge in [-0.25, -0.2) is 0 Å². The Balaban J connectivity index is 1.55. The first kappa shape index (κ1) is 14.6. The lowest BCUT2D eigenvalue weighted by Crippen LogP contribution is -2.28. The molecule has 120 valence electrons. The normalized spacial score (nSPS) is 17.2. The van der Waals surface area contributed by atoms with Gasteiger partial charge in [-0.1, -0.05) is 41.6 Å². The number of benzene rings is 1. The molecule has 3 heterocycles. The first-order valence-electron chi connectivity index (χ1n) is 8.02. The minimum absolute atomic E-state index is 0.0264. The Morgan fingerprint density at radius 3 is 2.79 bits per heavy atom. The molecule has 1 aromatic carbocycles. The predicted octanol–water partition coefficient (Wildman–Crippen LogP) is 3.37. The highest BCUT2D eigenvalue weighted by atomic mass is 16.5. The predicted molar refractivity (Wildman–Crippen MR) is 89.4 cm³/mol. The molecule has 0 radical (unpaired) electrons. The van der Waals surface area contributed by atoms with Crippen LogP contribution in [0.25, 0.3) is 11.3 Å². The van der Waals surface area contributed by atoms with Crippen molar-refractivity contribution in [1.29, 1.82) is 0 Å². The molecular weight excluding hydrogens is 302 g/mol. The van der Waals surface area contributed by atoms with E-state index in [-0.39, 0.29) is 5.91 Å². The highest BCUT2D eigenvalue weighted by Gasteiger charge is 2.30. The summed E-state index contributed by atoms with van der Waals surface area (Å²) in [5, 5.41) is 3.84. The monoisotopic (exact) mass is 319 g/mol. The van der Waals surface area contributed by atoms with Crippen LogP contribution in [0.1, 0.15) is 28.3 Å². The van der Waals surface area contributed by atoms with Gasteiger partial charge >= 0.3 is 0 Å². The van der Waals surface area contributed by atoms with Crippen molar-refractivity contribution in [1.82, 2.24) is 15.0 Å². The van der Waals surface area contributed by atoms with Gasteiger partial charge in [0, 0.05) is 37.0 Å². The van der Waals surface area contributed by atoms with Crippen LogP contribution in [0.5, 0.6) is 0 Å². The van der Waals surface area contributed by atoms with Crippen LogP contribution < -0.4 is 0 Å². The Morgan fingerprint density at radius 2 is 2.00 bits per heavy atom. The summed E-state index contributed by atoms with van der Waals surface area (Å²) in [6.45, 7) is 1.43. The number of carbonyl (C=O) groups is 1. The Bertz CT molecular complexity index is 830. The van der Waals surface area contributed by atoms with E-state index in [2.05, 4.69) is 16.2 Å². The molecule has 4 rings (SSSR count). The number of hydrogen-bond donors (Lipinski definition) is 0. The molecule has 24 heavy (non-hydrogen) atoms. The second-order valence-electron chi connectivity index (χ2n) is 5.96. The molecule has 3 aromatic rings. The number of pyridine rings is 1. The Morgan fingerprint density at radius 1 is 1.12 bits per heavy atom. The van der Waals surface area contributed by atoms with Crippen molar-refractivity contribution >= 4 is 5.91 Å². The standard InChI is InChI=1S/C19H17N3O2/c23-19(17-12-21-24-18(17)14-5-2-1-3-6-14)22-10-8-16(13-22)15-7-4-9-20-11-15/h1-7,9,11-12,16H,8,10,13H2/t16-/m0/s1. The number of rotatable bonds is 3. The van der Waals surface area contributed by atoms with Gasteiger partial charge in [-0.2, -0.15) is 0 Å². The van der Waals surface area contributed by atoms with Gasteiger partial charge in [0.15, 0.2) is 5.76 Å². The van der Waals surface area contributed by atoms with Gasteiger partial charge in [0.1, 0.15) is 5.56 Å². The molecule has 0 unspecified atom stereocenters. The molecule has 5 nitrogen and oxygen atoms in total. The van der Waals surface area contributed by atoms with E-state index < -0.39 is 0 Å². The van der Waals surface area contributed by atoms with Crippen LogP contribution in [0.15, 0.2) is 65.6 Å². The molecule has 0 saturated carbocycles. The first-order valence-corrected chi connectivity index (χ1v) is 8.02. The third-order valence-corrected chi connectivity index (χ3v) is 4.47. The number of likely N-dealkylation sites (tertiary alicyclic amines) is 1. The molecule has 1 fully saturated rings. The van der Waals surface area contributed by atoms with Crippen molar-refractivity contribution in [2.75, 3.05) is 13.1 Å². The molecular formula is C19H17N3O2. The highest BCUT2D eigenvalue weighted by Crippen LogP contribution is 2.30. The van der Waals surface area contributed by atoms with Gasteiger partial charge in [-0.15, -0.1) is 0 Å². The Kier molecular flexibility index (Phi) is 3.83. The van der Waals surface area contributed by atoms with E-state index in [1.807, 2.05) is 47.5 Å². The molecule has 1 amide bonds. The summed E-state index contributed by atoms with van der Waals surface area (Å²) >= 11 is 0. The molecule has 0 N–H and O–H groups in total. The average Bonchev–Trinajstić information content (AvgIpc) is 3.32. The molecule has 2 aromatic heterocycles. The molecule has 1 atom stereocenters. The SMILES string of the molecule is O=C(c1cnoc1-c1ccccc1)N1CC[C@H](c2cccnc2)C1. The maximum Gasteiger partial charge on any atom is 0.259 e. The van der Waals surface area contributed by atoms with Crippen LogP contribution in [0.2, 0.25) is 0 Å². The molecule has 0 bridgehead atoms. The zero-order chi connectivity index (χ0) is 16.4. The summed E-state index contributed by atoms with van der Waals surface area (Å²) in [7, 11) is 0. The Labute approximate surface area is 139 Å². The maximum absolute atomic E-state index is 12.9. The van der Waals surface area contributed by atoms with Crippen molar-refractivity contribution in [2.24, 2.45) is 0 Å². The van der Waals surface area contributed by atoms with E-state index >= 15 is 0 Å². The van der Waals surface area contributed by atoms with Gasteiger partial charge in [-0.3, -0.25) is 9.78 Å². The lowest BCUT2D eigenvalue weighted by molar-refractivity contribution is 0.0791. The van der Waals surface area contributed by atoms with Crippen LogP contribution >= 0.6 is 0 Å². The van der Waals surface area contributed by atoms with E-state index in [0.717, 1.165) is 18.5 Å². The molecule has 1 aliphatic rings. The first-order chi connectivity index (χ1) is 11.8. The second-order valence-corrected chi connectivity index (χ2v) is 5.96. The summed E-state index contributed by atoms with van der Waals surface area (Å²) in [5.74, 6) is 0.842. The smallest absolute Gasteiger partial charge is 0.259 e. The van der Waals surface area contributed by atoms with Crippen molar-refractivity contribution in [3.8, 4) is 11.3 Å². The highest BCUT2D eigenvalue weighted by molar-refractivity contribution is 5.99. The number of amides is 1. The largest absolute Gasteiger partial charge is 0.355 e. The molecule has 0 spiro atoms. The van der Waals surface area contributed by atoms with Crippen molar-refractivity contribution in [2.45, 2.75) is 12.3 Å². The molecule has 0 aliphatic carbocycles. The molecule has 5 heteroatoms. The van der Waals surface area contributed by atoms with Gasteiger partial charge in [0.2, 0.25) is 0 Å². The van der Waals surface area contributed by atoms with E-state index in [4.69, 9.17) is 4.52 Å². The minimum atomic E-state index is -0.0264. The van der Waals surface area contributed by atoms with Gasteiger partial charge in [0.25, 0.3) is 5.91 Å². The third kappa shape index (κ3) is 2.69. The van der Waals surface area contributed by atoms with Crippen molar-refractivity contribution < 1.29 is 9.32 Å². The summed E-state index contributed by atoms with van der Waals surface area (Å²) in [4.78, 5) is 18.9. The van der Waals surface area contributed by atoms with Crippen molar-refractivity contribution in [3.05, 3.63) is 72.2 Å². The van der Waals surface area contributed by atoms with Gasteiger partial charge in [0.05, 0.1) is 6.20 Å². The molecule has 1 saturated heterocycles. The average molecular weight is 319 g/mol. The van der Waals surface area contributed by atoms with E-state index in [1.165, 1.54) is 11.8 Å². The van der Waals surface area contributed by atoms with Gasteiger partial charge < -0.3 is 9.42 Å². The number of hydrogen-bond acceptors (Lipinski definition) is 4. The molecule has 1 aliphatic heterocycles. The fourth-order valence-corrected chi connectivity index (χ4v) is 3.19. The minimum Gasteiger partial charge on any atom is -0.355 e. The van der Waals surface area contributed by atoms with Crippen LogP contribution in [-0.4, -0.2) is 34.0 Å². The number of nitrogens with zero attached hydrogens (tertiary/aromatic N) is 3. The Hall–Kier alpha value is -2.95. The summed E-state index contributed by atoms with van der Waals surface area (Å²) in [5.41, 5.74) is 2.57. The van der Waals surface area contributed by atoms with Crippen LogP contribution in [-0.2, 0) is 0 Å². The lowest BCUT2D eigenvalue weighted by Gasteiger charge is -2.16. The summed E-state index contributed by atoms with van der Waals surface area (Å²) in [6, 6.07) is 13.6. The third-order valence-electron chi connectivity index (χ3n) is 4.47. The number of carbonyl (C=O) groups excluding carboxylic acids is 1. The lowest BCUT2D eigenvalue weighted by atomic mass is 10.0. The van der Waals surface area contributed by atoms with Crippen LogP contribution in [0.3, 0.4) is 0 Å². The zero-order valence-corrected chi connectivity index (χ0v) is 13.1. The quantitative estimate of drug-likeness (QED) is 0.742. The maximum atomic E-state index is 12.9. The van der Waals surface area contributed by atoms with Gasteiger partial charge in [-0.05, 0) is 18.1 Å². The van der Waals surface area contributed by atoms with E-state index in [9.17, 15) is 4.79 Å².